The molecule has 1 saturated heterocycles. The van der Waals surface area contributed by atoms with E-state index in [-0.39, 0.29) is 11.9 Å². The van der Waals surface area contributed by atoms with Crippen LogP contribution in [0.2, 0.25) is 0 Å². The van der Waals surface area contributed by atoms with Crippen LogP contribution in [0.5, 0.6) is 11.6 Å². The molecule has 8 heteroatoms. The number of ether oxygens (including phenoxy) is 1. The number of pyridine rings is 1. The molecule has 1 N–H and O–H groups in total. The van der Waals surface area contributed by atoms with E-state index in [1.54, 1.807) is 24.0 Å². The number of piperidine rings is 1. The first kappa shape index (κ1) is 22.2. The van der Waals surface area contributed by atoms with Crippen LogP contribution in [0.3, 0.4) is 0 Å². The van der Waals surface area contributed by atoms with Crippen LogP contribution < -0.4 is 10.1 Å². The Morgan fingerprint density at radius 1 is 1.09 bits per heavy atom. The zero-order chi connectivity index (χ0) is 22.2. The van der Waals surface area contributed by atoms with Crippen LogP contribution in [-0.2, 0) is 11.3 Å². The molecule has 1 aliphatic rings. The highest BCUT2D eigenvalue weighted by molar-refractivity contribution is 7.99. The third-order valence-electron chi connectivity index (χ3n) is 5.23. The van der Waals surface area contributed by atoms with Gasteiger partial charge in [0.1, 0.15) is 5.75 Å². The SMILES string of the molecule is CCSc1ncc(CN2CCCC[C@@H]2C(=O)Nc2ccc(Oc3ccccc3)nc2)cn1. The van der Waals surface area contributed by atoms with Crippen LogP contribution in [0, 0.1) is 0 Å². The lowest BCUT2D eigenvalue weighted by Crippen LogP contribution is -2.46. The first-order valence-electron chi connectivity index (χ1n) is 10.9. The van der Waals surface area contributed by atoms with Crippen molar-refractivity contribution >= 4 is 23.4 Å². The van der Waals surface area contributed by atoms with E-state index in [1.807, 2.05) is 48.8 Å². The highest BCUT2D eigenvalue weighted by Crippen LogP contribution is 2.23. The number of anilines is 1. The molecule has 7 nitrogen and oxygen atoms in total. The molecule has 0 saturated carbocycles. The average Bonchev–Trinajstić information content (AvgIpc) is 2.83. The molecule has 2 aromatic heterocycles. The first-order chi connectivity index (χ1) is 15.7. The van der Waals surface area contributed by atoms with Gasteiger partial charge in [-0.1, -0.05) is 43.3 Å². The molecular weight excluding hydrogens is 422 g/mol. The standard InChI is InChI=1S/C24H27N5O2S/c1-2-32-24-26-14-18(15-27-24)17-29-13-7-6-10-21(29)23(30)28-19-11-12-22(25-16-19)31-20-8-4-3-5-9-20/h3-5,8-9,11-12,14-16,21H,2,6-7,10,13,17H2,1H3,(H,28,30)/t21-/m1/s1. The topological polar surface area (TPSA) is 80.2 Å². The van der Waals surface area contributed by atoms with Gasteiger partial charge in [0.2, 0.25) is 11.8 Å². The second-order valence-corrected chi connectivity index (χ2v) is 8.81. The van der Waals surface area contributed by atoms with Crippen LogP contribution in [0.1, 0.15) is 31.7 Å². The lowest BCUT2D eigenvalue weighted by atomic mass is 10.0. The Labute approximate surface area is 192 Å². The fraction of sp³-hybridized carbons (Fsp3) is 0.333. The van der Waals surface area contributed by atoms with Gasteiger partial charge in [-0.05, 0) is 43.3 Å². The van der Waals surface area contributed by atoms with Crippen molar-refractivity contribution in [3.63, 3.8) is 0 Å². The van der Waals surface area contributed by atoms with Crippen LogP contribution in [0.25, 0.3) is 0 Å². The molecule has 3 heterocycles. The van der Waals surface area contributed by atoms with Gasteiger partial charge in [-0.25, -0.2) is 15.0 Å². The number of likely N-dealkylation sites (tertiary alicyclic amines) is 1. The van der Waals surface area contributed by atoms with E-state index in [0.29, 0.717) is 18.1 Å². The van der Waals surface area contributed by atoms with Gasteiger partial charge in [0.05, 0.1) is 17.9 Å². The number of carbonyl (C=O) groups is 1. The fourth-order valence-corrected chi connectivity index (χ4v) is 4.20. The molecule has 166 valence electrons. The van der Waals surface area contributed by atoms with Crippen LogP contribution >= 0.6 is 11.8 Å². The molecular formula is C24H27N5O2S. The number of carbonyl (C=O) groups excluding carboxylic acids is 1. The number of amides is 1. The zero-order valence-corrected chi connectivity index (χ0v) is 18.9. The van der Waals surface area contributed by atoms with Crippen LogP contribution in [0.4, 0.5) is 5.69 Å². The van der Waals surface area contributed by atoms with Crippen molar-refractivity contribution in [1.82, 2.24) is 19.9 Å². The predicted octanol–water partition coefficient (Wildman–Crippen LogP) is 4.77. The van der Waals surface area contributed by atoms with Crippen molar-refractivity contribution in [3.8, 4) is 11.6 Å². The van der Waals surface area contributed by atoms with E-state index >= 15 is 0 Å². The number of nitrogens with zero attached hydrogens (tertiary/aromatic N) is 4. The number of rotatable bonds is 8. The molecule has 4 rings (SSSR count). The summed E-state index contributed by atoms with van der Waals surface area (Å²) in [7, 11) is 0. The zero-order valence-electron chi connectivity index (χ0n) is 18.1. The minimum absolute atomic E-state index is 0.0118. The van der Waals surface area contributed by atoms with Gasteiger partial charge in [0, 0.05) is 30.6 Å². The molecule has 0 radical (unpaired) electrons. The summed E-state index contributed by atoms with van der Waals surface area (Å²) >= 11 is 1.62. The van der Waals surface area contributed by atoms with Gasteiger partial charge in [-0.15, -0.1) is 0 Å². The van der Waals surface area contributed by atoms with Crippen molar-refractivity contribution in [3.05, 3.63) is 66.6 Å². The highest BCUT2D eigenvalue weighted by atomic mass is 32.2. The second-order valence-electron chi connectivity index (χ2n) is 7.58. The van der Waals surface area contributed by atoms with Crippen LogP contribution in [-0.4, -0.2) is 44.1 Å². The quantitative estimate of drug-likeness (QED) is 0.392. The Morgan fingerprint density at radius 3 is 2.62 bits per heavy atom. The highest BCUT2D eigenvalue weighted by Gasteiger charge is 2.29. The van der Waals surface area contributed by atoms with E-state index in [2.05, 4.69) is 32.1 Å². The third-order valence-corrected chi connectivity index (χ3v) is 5.98. The van der Waals surface area contributed by atoms with Crippen molar-refractivity contribution in [1.29, 1.82) is 0 Å². The van der Waals surface area contributed by atoms with Crippen molar-refractivity contribution in [2.75, 3.05) is 17.6 Å². The lowest BCUT2D eigenvalue weighted by Gasteiger charge is -2.34. The molecule has 0 unspecified atom stereocenters. The van der Waals surface area contributed by atoms with Gasteiger partial charge in [-0.3, -0.25) is 9.69 Å². The summed E-state index contributed by atoms with van der Waals surface area (Å²) in [5.74, 6) is 2.14. The number of para-hydroxylation sites is 1. The molecule has 0 aliphatic carbocycles. The second kappa shape index (κ2) is 11.1. The average molecular weight is 450 g/mol. The lowest BCUT2D eigenvalue weighted by molar-refractivity contribution is -0.122. The number of benzene rings is 1. The summed E-state index contributed by atoms with van der Waals surface area (Å²) in [4.78, 5) is 28.4. The molecule has 0 bridgehead atoms. The minimum Gasteiger partial charge on any atom is -0.439 e. The molecule has 3 aromatic rings. The Bertz CT molecular complexity index is 999. The predicted molar refractivity (Wildman–Crippen MR) is 126 cm³/mol. The summed E-state index contributed by atoms with van der Waals surface area (Å²) in [6.07, 6.45) is 8.31. The summed E-state index contributed by atoms with van der Waals surface area (Å²) in [6, 6.07) is 12.9. The molecule has 1 fully saturated rings. The Balaban J connectivity index is 1.36. The number of hydrogen-bond acceptors (Lipinski definition) is 7. The maximum absolute atomic E-state index is 13.0. The maximum atomic E-state index is 13.0. The molecule has 1 aliphatic heterocycles. The summed E-state index contributed by atoms with van der Waals surface area (Å²) in [6.45, 7) is 3.63. The number of hydrogen-bond donors (Lipinski definition) is 1. The molecule has 0 spiro atoms. The minimum atomic E-state index is -0.186. The fourth-order valence-electron chi connectivity index (χ4n) is 3.69. The molecule has 32 heavy (non-hydrogen) atoms. The van der Waals surface area contributed by atoms with Crippen molar-refractivity contribution < 1.29 is 9.53 Å². The summed E-state index contributed by atoms with van der Waals surface area (Å²) < 4.78 is 5.72. The smallest absolute Gasteiger partial charge is 0.241 e. The number of nitrogens with one attached hydrogen (secondary N) is 1. The van der Waals surface area contributed by atoms with Crippen molar-refractivity contribution in [2.45, 2.75) is 43.9 Å². The van der Waals surface area contributed by atoms with E-state index < -0.39 is 0 Å². The van der Waals surface area contributed by atoms with Crippen molar-refractivity contribution in [2.24, 2.45) is 0 Å². The largest absolute Gasteiger partial charge is 0.439 e. The van der Waals surface area contributed by atoms with E-state index in [0.717, 1.165) is 48.0 Å². The van der Waals surface area contributed by atoms with E-state index in [1.165, 1.54) is 0 Å². The molecule has 1 amide bonds. The molecule has 1 atom stereocenters. The van der Waals surface area contributed by atoms with Gasteiger partial charge in [-0.2, -0.15) is 0 Å². The Morgan fingerprint density at radius 2 is 1.91 bits per heavy atom. The van der Waals surface area contributed by atoms with E-state index in [4.69, 9.17) is 4.74 Å². The van der Waals surface area contributed by atoms with Gasteiger partial charge >= 0.3 is 0 Å². The normalized spacial score (nSPS) is 16.5. The maximum Gasteiger partial charge on any atom is 0.241 e. The number of thioether (sulfide) groups is 1. The van der Waals surface area contributed by atoms with E-state index in [9.17, 15) is 4.79 Å². The third kappa shape index (κ3) is 6.05. The Hall–Kier alpha value is -2.97. The van der Waals surface area contributed by atoms with Gasteiger partial charge < -0.3 is 10.1 Å². The molecule has 1 aromatic carbocycles. The Kier molecular flexibility index (Phi) is 7.68. The summed E-state index contributed by atoms with van der Waals surface area (Å²) in [5.41, 5.74) is 1.68. The monoisotopic (exact) mass is 449 g/mol. The van der Waals surface area contributed by atoms with Gasteiger partial charge in [0.15, 0.2) is 5.16 Å². The summed E-state index contributed by atoms with van der Waals surface area (Å²) in [5, 5.41) is 3.80. The van der Waals surface area contributed by atoms with Gasteiger partial charge in [0.25, 0.3) is 0 Å². The first-order valence-corrected chi connectivity index (χ1v) is 11.9. The van der Waals surface area contributed by atoms with Crippen LogP contribution in [0.15, 0.2) is 66.2 Å². The number of aromatic nitrogens is 3.